The molecule has 1 amide bonds. The molecular formula is C20H28FN5O. The molecule has 1 fully saturated rings. The van der Waals surface area contributed by atoms with Gasteiger partial charge in [0.05, 0.1) is 0 Å². The van der Waals surface area contributed by atoms with Crippen molar-refractivity contribution in [3.05, 3.63) is 35.8 Å². The first-order chi connectivity index (χ1) is 13.1. The third-order valence-corrected chi connectivity index (χ3v) is 5.02. The maximum absolute atomic E-state index is 13.5. The molecule has 0 aliphatic carbocycles. The van der Waals surface area contributed by atoms with Gasteiger partial charge in [-0.3, -0.25) is 9.79 Å². The highest BCUT2D eigenvalue weighted by atomic mass is 19.1. The molecular weight excluding hydrogens is 345 g/mol. The van der Waals surface area contributed by atoms with Gasteiger partial charge in [0.2, 0.25) is 5.91 Å². The number of aliphatic imine (C=N–C) groups is 1. The zero-order chi connectivity index (χ0) is 19.2. The zero-order valence-corrected chi connectivity index (χ0v) is 15.8. The van der Waals surface area contributed by atoms with E-state index in [4.69, 9.17) is 10.7 Å². The Kier molecular flexibility index (Phi) is 6.32. The minimum Gasteiger partial charge on any atom is -0.370 e. The predicted molar refractivity (Wildman–Crippen MR) is 106 cm³/mol. The lowest BCUT2D eigenvalue weighted by Gasteiger charge is -2.34. The average Bonchev–Trinajstić information content (AvgIpc) is 3.03. The molecule has 3 rings (SSSR count). The number of carbonyl (C=O) groups is 1. The number of aromatic nitrogens is 1. The van der Waals surface area contributed by atoms with Crippen molar-refractivity contribution >= 4 is 22.8 Å². The van der Waals surface area contributed by atoms with Gasteiger partial charge in [0.25, 0.3) is 0 Å². The van der Waals surface area contributed by atoms with E-state index in [1.165, 1.54) is 6.07 Å². The van der Waals surface area contributed by atoms with Crippen LogP contribution in [0.15, 0.2) is 29.4 Å². The van der Waals surface area contributed by atoms with E-state index in [0.29, 0.717) is 13.0 Å². The first-order valence-corrected chi connectivity index (χ1v) is 9.64. The van der Waals surface area contributed by atoms with E-state index in [-0.39, 0.29) is 17.6 Å². The Balaban J connectivity index is 1.66. The van der Waals surface area contributed by atoms with Crippen molar-refractivity contribution in [3.8, 4) is 0 Å². The number of primary amides is 1. The molecule has 6 nitrogen and oxygen atoms in total. The molecule has 1 aromatic carbocycles. The van der Waals surface area contributed by atoms with E-state index in [1.54, 1.807) is 12.1 Å². The lowest BCUT2D eigenvalue weighted by atomic mass is 9.95. The average molecular weight is 373 g/mol. The quantitative estimate of drug-likeness (QED) is 0.537. The number of hydrogen-bond donors (Lipinski definition) is 3. The number of halogens is 1. The Morgan fingerprint density at radius 2 is 2.33 bits per heavy atom. The molecule has 1 aromatic heterocycles. The molecule has 0 radical (unpaired) electrons. The molecule has 4 N–H and O–H groups in total. The van der Waals surface area contributed by atoms with Crippen LogP contribution in [0, 0.1) is 11.7 Å². The third kappa shape index (κ3) is 4.99. The molecule has 2 aromatic rings. The smallest absolute Gasteiger partial charge is 0.217 e. The van der Waals surface area contributed by atoms with E-state index < -0.39 is 0 Å². The van der Waals surface area contributed by atoms with Crippen molar-refractivity contribution in [2.45, 2.75) is 32.6 Å². The number of nitrogens with two attached hydrogens (primary N) is 1. The number of H-pyrrole nitrogens is 1. The molecule has 1 aliphatic rings. The van der Waals surface area contributed by atoms with Crippen molar-refractivity contribution in [1.29, 1.82) is 0 Å². The fraction of sp³-hybridized carbons (Fsp3) is 0.500. The van der Waals surface area contributed by atoms with Crippen LogP contribution in [0.2, 0.25) is 0 Å². The highest BCUT2D eigenvalue weighted by Crippen LogP contribution is 2.21. The number of rotatable bonds is 6. The second-order valence-corrected chi connectivity index (χ2v) is 7.11. The third-order valence-electron chi connectivity index (χ3n) is 5.02. The first-order valence-electron chi connectivity index (χ1n) is 9.64. The van der Waals surface area contributed by atoms with Gasteiger partial charge in [-0.1, -0.05) is 0 Å². The number of hydrogen-bond acceptors (Lipinski definition) is 2. The summed E-state index contributed by atoms with van der Waals surface area (Å²) in [5.74, 6) is 0.693. The van der Waals surface area contributed by atoms with Crippen LogP contribution in [0.1, 0.15) is 31.7 Å². The first kappa shape index (κ1) is 19.2. The van der Waals surface area contributed by atoms with Gasteiger partial charge in [-0.05, 0) is 55.9 Å². The molecule has 0 spiro atoms. The molecule has 0 saturated carbocycles. The van der Waals surface area contributed by atoms with Crippen molar-refractivity contribution in [2.24, 2.45) is 16.6 Å². The van der Waals surface area contributed by atoms with E-state index in [0.717, 1.165) is 61.3 Å². The summed E-state index contributed by atoms with van der Waals surface area (Å²) in [5, 5.41) is 4.26. The topological polar surface area (TPSA) is 86.5 Å². The Hall–Kier alpha value is -2.57. The minimum atomic E-state index is -0.240. The summed E-state index contributed by atoms with van der Waals surface area (Å²) in [6, 6.07) is 4.78. The van der Waals surface area contributed by atoms with E-state index >= 15 is 0 Å². The number of likely N-dealkylation sites (tertiary alicyclic amines) is 1. The van der Waals surface area contributed by atoms with Crippen LogP contribution in [0.25, 0.3) is 10.9 Å². The minimum absolute atomic E-state index is 0.228. The van der Waals surface area contributed by atoms with Crippen LogP contribution in [-0.4, -0.2) is 47.9 Å². The number of nitrogens with zero attached hydrogens (tertiary/aromatic N) is 2. The van der Waals surface area contributed by atoms with Gasteiger partial charge in [-0.25, -0.2) is 4.39 Å². The fourth-order valence-electron chi connectivity index (χ4n) is 3.77. The normalized spacial score (nSPS) is 18.1. The van der Waals surface area contributed by atoms with E-state index in [2.05, 4.69) is 15.2 Å². The molecule has 0 bridgehead atoms. The summed E-state index contributed by atoms with van der Waals surface area (Å²) in [4.78, 5) is 21.4. The maximum Gasteiger partial charge on any atom is 0.217 e. The Bertz CT molecular complexity index is 816. The summed E-state index contributed by atoms with van der Waals surface area (Å²) < 4.78 is 13.5. The molecule has 146 valence electrons. The molecule has 27 heavy (non-hydrogen) atoms. The van der Waals surface area contributed by atoms with Gasteiger partial charge in [0.15, 0.2) is 5.96 Å². The SMILES string of the molecule is CCNC(=NCCc1c[nH]c2ccc(F)cc12)N1CCCC(CC(N)=O)C1. The molecule has 1 aliphatic heterocycles. The van der Waals surface area contributed by atoms with Gasteiger partial charge in [-0.2, -0.15) is 0 Å². The second-order valence-electron chi connectivity index (χ2n) is 7.11. The number of aromatic amines is 1. The lowest BCUT2D eigenvalue weighted by Crippen LogP contribution is -2.47. The van der Waals surface area contributed by atoms with Crippen LogP contribution in [-0.2, 0) is 11.2 Å². The van der Waals surface area contributed by atoms with Crippen LogP contribution in [0.4, 0.5) is 4.39 Å². The van der Waals surface area contributed by atoms with Gasteiger partial charge in [0, 0.05) is 49.7 Å². The Labute approximate surface area is 159 Å². The standard InChI is InChI=1S/C20H28FN5O/c1-2-23-20(26-9-3-4-14(13-26)10-19(22)27)24-8-7-15-12-25-18-6-5-16(21)11-17(15)18/h5-6,11-12,14,25H,2-4,7-10,13H2,1H3,(H2,22,27)(H,23,24). The summed E-state index contributed by atoms with van der Waals surface area (Å²) in [6.07, 6.45) is 5.15. The molecule has 1 atom stereocenters. The van der Waals surface area contributed by atoms with Crippen LogP contribution in [0.5, 0.6) is 0 Å². The summed E-state index contributed by atoms with van der Waals surface area (Å²) in [7, 11) is 0. The monoisotopic (exact) mass is 373 g/mol. The highest BCUT2D eigenvalue weighted by Gasteiger charge is 2.23. The number of amides is 1. The van der Waals surface area contributed by atoms with Gasteiger partial charge >= 0.3 is 0 Å². The van der Waals surface area contributed by atoms with E-state index in [1.807, 2.05) is 13.1 Å². The van der Waals surface area contributed by atoms with Crippen LogP contribution >= 0.6 is 0 Å². The van der Waals surface area contributed by atoms with Crippen LogP contribution < -0.4 is 11.1 Å². The number of fused-ring (bicyclic) bond motifs is 1. The number of nitrogens with one attached hydrogen (secondary N) is 2. The number of piperidine rings is 1. The second kappa shape index (κ2) is 8.88. The van der Waals surface area contributed by atoms with Gasteiger partial charge in [-0.15, -0.1) is 0 Å². The van der Waals surface area contributed by atoms with Gasteiger partial charge < -0.3 is 20.9 Å². The largest absolute Gasteiger partial charge is 0.370 e. The number of guanidine groups is 1. The van der Waals surface area contributed by atoms with Crippen molar-refractivity contribution in [3.63, 3.8) is 0 Å². The summed E-state index contributed by atoms with van der Waals surface area (Å²) >= 11 is 0. The van der Waals surface area contributed by atoms with Crippen molar-refractivity contribution in [2.75, 3.05) is 26.2 Å². The highest BCUT2D eigenvalue weighted by molar-refractivity contribution is 5.83. The Morgan fingerprint density at radius 1 is 1.48 bits per heavy atom. The molecule has 1 unspecified atom stereocenters. The predicted octanol–water partition coefficient (Wildman–Crippen LogP) is 2.40. The molecule has 1 saturated heterocycles. The summed E-state index contributed by atoms with van der Waals surface area (Å²) in [6.45, 7) is 5.17. The van der Waals surface area contributed by atoms with E-state index in [9.17, 15) is 9.18 Å². The van der Waals surface area contributed by atoms with Crippen molar-refractivity contribution < 1.29 is 9.18 Å². The summed E-state index contributed by atoms with van der Waals surface area (Å²) in [5.41, 5.74) is 7.36. The van der Waals surface area contributed by atoms with Gasteiger partial charge in [0.1, 0.15) is 5.82 Å². The number of carbonyl (C=O) groups excluding carboxylic acids is 1. The van der Waals surface area contributed by atoms with Crippen molar-refractivity contribution in [1.82, 2.24) is 15.2 Å². The lowest BCUT2D eigenvalue weighted by molar-refractivity contribution is -0.119. The Morgan fingerprint density at radius 3 is 3.11 bits per heavy atom. The van der Waals surface area contributed by atoms with Crippen LogP contribution in [0.3, 0.4) is 0 Å². The maximum atomic E-state index is 13.5. The molecule has 2 heterocycles. The zero-order valence-electron chi connectivity index (χ0n) is 15.8. The molecule has 7 heteroatoms. The fourth-order valence-corrected chi connectivity index (χ4v) is 3.77. The number of benzene rings is 1.